The summed E-state index contributed by atoms with van der Waals surface area (Å²) in [5.74, 6) is -1.56. The van der Waals surface area contributed by atoms with Crippen molar-refractivity contribution in [1.29, 1.82) is 0 Å². The molecule has 3 aliphatic rings. The smallest absolute Gasteiger partial charge is 0.295 e. The minimum absolute atomic E-state index is 0.0636. The molecule has 0 spiro atoms. The van der Waals surface area contributed by atoms with Gasteiger partial charge in [0.15, 0.2) is 0 Å². The van der Waals surface area contributed by atoms with Gasteiger partial charge in [-0.25, -0.2) is 4.39 Å². The molecule has 1 unspecified atom stereocenters. The number of likely N-dealkylation sites (tertiary alicyclic amines) is 1. The zero-order chi connectivity index (χ0) is 22.4. The van der Waals surface area contributed by atoms with Gasteiger partial charge >= 0.3 is 0 Å². The first-order valence-electron chi connectivity index (χ1n) is 11.0. The monoisotopic (exact) mass is 436 g/mol. The van der Waals surface area contributed by atoms with Crippen LogP contribution in [-0.2, 0) is 9.59 Å². The van der Waals surface area contributed by atoms with Crippen LogP contribution in [0.15, 0.2) is 48.0 Å². The fourth-order valence-electron chi connectivity index (χ4n) is 5.06. The maximum atomic E-state index is 14.9. The molecular formula is C25H25FN2O4. The van der Waals surface area contributed by atoms with Crippen LogP contribution in [0.2, 0.25) is 0 Å². The van der Waals surface area contributed by atoms with Crippen molar-refractivity contribution in [2.75, 3.05) is 25.1 Å². The van der Waals surface area contributed by atoms with Crippen molar-refractivity contribution in [2.45, 2.75) is 37.8 Å². The number of hydrogen-bond donors (Lipinski definition) is 1. The summed E-state index contributed by atoms with van der Waals surface area (Å²) in [5, 5.41) is 11.3. The largest absolute Gasteiger partial charge is 0.507 e. The number of fused-ring (bicyclic) bond motifs is 1. The Kier molecular flexibility index (Phi) is 5.12. The summed E-state index contributed by atoms with van der Waals surface area (Å²) >= 11 is 0. The number of halogens is 1. The van der Waals surface area contributed by atoms with Crippen molar-refractivity contribution in [2.24, 2.45) is 0 Å². The highest BCUT2D eigenvalue weighted by molar-refractivity contribution is 6.46. The van der Waals surface area contributed by atoms with Crippen LogP contribution in [0.1, 0.15) is 42.9 Å². The van der Waals surface area contributed by atoms with Crippen molar-refractivity contribution < 1.29 is 23.8 Å². The summed E-state index contributed by atoms with van der Waals surface area (Å²) < 4.78 is 20.6. The number of ketones is 1. The number of carbonyl (C=O) groups excluding carboxylic acids is 2. The molecule has 2 aliphatic heterocycles. The maximum Gasteiger partial charge on any atom is 0.295 e. The number of likely N-dealkylation sites (N-methyl/N-ethyl adjacent to an activating group) is 1. The zero-order valence-corrected chi connectivity index (χ0v) is 17.9. The normalized spacial score (nSPS) is 22.9. The van der Waals surface area contributed by atoms with E-state index in [4.69, 9.17) is 4.74 Å². The molecule has 0 radical (unpaired) electrons. The number of hydrogen-bond acceptors (Lipinski definition) is 5. The molecule has 1 saturated carbocycles. The number of aliphatic hydroxyl groups is 1. The number of benzene rings is 2. The third-order valence-electron chi connectivity index (χ3n) is 6.73. The Hall–Kier alpha value is -3.35. The standard InChI is InChI=1S/C25H25FN2O4/c1-27-12-13-32-20-11-10-15(14-19(20)27)23(29)21-22(17-8-4-5-9-18(17)26)28(25(31)24(21)30)16-6-2-3-7-16/h4-5,8-11,14,16,22,29H,2-3,6-7,12-13H2,1H3/b23-21+. The number of carbonyl (C=O) groups is 2. The van der Waals surface area contributed by atoms with Crippen molar-refractivity contribution >= 4 is 23.1 Å². The summed E-state index contributed by atoms with van der Waals surface area (Å²) in [6.07, 6.45) is 3.43. The van der Waals surface area contributed by atoms with E-state index in [2.05, 4.69) is 0 Å². The van der Waals surface area contributed by atoms with E-state index in [-0.39, 0.29) is 22.9 Å². The summed E-state index contributed by atoms with van der Waals surface area (Å²) in [5.41, 5.74) is 1.34. The van der Waals surface area contributed by atoms with E-state index in [1.807, 2.05) is 11.9 Å². The second kappa shape index (κ2) is 7.97. The number of Topliss-reactive ketones (excluding diaryl/α,β-unsaturated/α-hetero) is 1. The molecule has 0 bridgehead atoms. The van der Waals surface area contributed by atoms with E-state index in [9.17, 15) is 19.1 Å². The van der Waals surface area contributed by atoms with Gasteiger partial charge in [0, 0.05) is 24.2 Å². The quantitative estimate of drug-likeness (QED) is 0.447. The molecule has 1 atom stereocenters. The summed E-state index contributed by atoms with van der Waals surface area (Å²) in [7, 11) is 1.92. The van der Waals surface area contributed by atoms with E-state index < -0.39 is 23.5 Å². The van der Waals surface area contributed by atoms with Crippen LogP contribution in [0.3, 0.4) is 0 Å². The van der Waals surface area contributed by atoms with Gasteiger partial charge in [-0.3, -0.25) is 9.59 Å². The van der Waals surface area contributed by atoms with E-state index >= 15 is 0 Å². The molecular weight excluding hydrogens is 411 g/mol. The first-order valence-corrected chi connectivity index (χ1v) is 11.0. The highest BCUT2D eigenvalue weighted by Gasteiger charge is 2.50. The Morgan fingerprint density at radius 1 is 1.12 bits per heavy atom. The SMILES string of the molecule is CN1CCOc2ccc(/C(O)=C3\C(=O)C(=O)N(C4CCCC4)C3c3ccccc3F)cc21. The van der Waals surface area contributed by atoms with Gasteiger partial charge in [0.05, 0.1) is 23.8 Å². The molecule has 32 heavy (non-hydrogen) atoms. The van der Waals surface area contributed by atoms with Gasteiger partial charge in [-0.05, 0) is 37.1 Å². The third kappa shape index (κ3) is 3.23. The number of anilines is 1. The lowest BCUT2D eigenvalue weighted by Gasteiger charge is -2.31. The van der Waals surface area contributed by atoms with Gasteiger partial charge in [0.2, 0.25) is 0 Å². The van der Waals surface area contributed by atoms with Gasteiger partial charge in [0.25, 0.3) is 11.7 Å². The molecule has 1 N–H and O–H groups in total. The Bertz CT molecular complexity index is 1120. The average Bonchev–Trinajstić information content (AvgIpc) is 3.41. The Labute approximate surface area is 185 Å². The fourth-order valence-corrected chi connectivity index (χ4v) is 5.06. The van der Waals surface area contributed by atoms with Crippen LogP contribution < -0.4 is 9.64 Å². The van der Waals surface area contributed by atoms with Gasteiger partial charge < -0.3 is 19.6 Å². The summed E-state index contributed by atoms with van der Waals surface area (Å²) in [6.45, 7) is 1.26. The molecule has 2 heterocycles. The summed E-state index contributed by atoms with van der Waals surface area (Å²) in [4.78, 5) is 29.8. The van der Waals surface area contributed by atoms with Crippen LogP contribution in [0.4, 0.5) is 10.1 Å². The molecule has 5 rings (SSSR count). The van der Waals surface area contributed by atoms with Gasteiger partial charge in [-0.1, -0.05) is 31.0 Å². The van der Waals surface area contributed by atoms with Crippen molar-refractivity contribution in [3.63, 3.8) is 0 Å². The van der Waals surface area contributed by atoms with Crippen LogP contribution >= 0.6 is 0 Å². The van der Waals surface area contributed by atoms with E-state index in [1.54, 1.807) is 36.4 Å². The molecule has 166 valence electrons. The van der Waals surface area contributed by atoms with Gasteiger partial charge in [0.1, 0.15) is 23.9 Å². The maximum absolute atomic E-state index is 14.9. The third-order valence-corrected chi connectivity index (χ3v) is 6.73. The second-order valence-corrected chi connectivity index (χ2v) is 8.62. The first-order chi connectivity index (χ1) is 15.5. The Morgan fingerprint density at radius 2 is 1.88 bits per heavy atom. The lowest BCUT2D eigenvalue weighted by atomic mass is 9.94. The van der Waals surface area contributed by atoms with E-state index in [0.29, 0.717) is 24.5 Å². The van der Waals surface area contributed by atoms with Crippen LogP contribution in [0.25, 0.3) is 5.76 Å². The molecule has 7 heteroatoms. The van der Waals surface area contributed by atoms with Crippen LogP contribution in [0.5, 0.6) is 5.75 Å². The fraction of sp³-hybridized carbons (Fsp3) is 0.360. The van der Waals surface area contributed by atoms with Gasteiger partial charge in [-0.2, -0.15) is 0 Å². The summed E-state index contributed by atoms with van der Waals surface area (Å²) in [6, 6.07) is 10.2. The Morgan fingerprint density at radius 3 is 2.62 bits per heavy atom. The van der Waals surface area contributed by atoms with Crippen molar-refractivity contribution in [3.8, 4) is 5.75 Å². The van der Waals surface area contributed by atoms with Gasteiger partial charge in [-0.15, -0.1) is 0 Å². The predicted octanol–water partition coefficient (Wildman–Crippen LogP) is 4.02. The lowest BCUT2D eigenvalue weighted by Crippen LogP contribution is -2.38. The highest BCUT2D eigenvalue weighted by Crippen LogP contribution is 2.44. The lowest BCUT2D eigenvalue weighted by molar-refractivity contribution is -0.141. The minimum atomic E-state index is -0.954. The molecule has 1 amide bonds. The van der Waals surface area contributed by atoms with E-state index in [0.717, 1.165) is 31.4 Å². The molecule has 6 nitrogen and oxygen atoms in total. The number of aliphatic hydroxyl groups excluding tert-OH is 1. The predicted molar refractivity (Wildman–Crippen MR) is 118 cm³/mol. The molecule has 2 aromatic carbocycles. The Balaban J connectivity index is 1.67. The molecule has 0 aromatic heterocycles. The zero-order valence-electron chi connectivity index (χ0n) is 17.9. The topological polar surface area (TPSA) is 70.1 Å². The average molecular weight is 436 g/mol. The number of nitrogens with zero attached hydrogens (tertiary/aromatic N) is 2. The second-order valence-electron chi connectivity index (χ2n) is 8.62. The molecule has 1 aliphatic carbocycles. The molecule has 1 saturated heterocycles. The highest BCUT2D eigenvalue weighted by atomic mass is 19.1. The van der Waals surface area contributed by atoms with E-state index in [1.165, 1.54) is 11.0 Å². The van der Waals surface area contributed by atoms with Crippen molar-refractivity contribution in [1.82, 2.24) is 4.90 Å². The number of amides is 1. The minimum Gasteiger partial charge on any atom is -0.507 e. The van der Waals surface area contributed by atoms with Crippen molar-refractivity contribution in [3.05, 3.63) is 65.0 Å². The molecule has 2 fully saturated rings. The molecule has 2 aromatic rings. The first kappa shape index (κ1) is 20.5. The number of rotatable bonds is 3. The van der Waals surface area contributed by atoms with Crippen LogP contribution in [-0.4, -0.2) is 47.9 Å². The number of ether oxygens (including phenoxy) is 1. The van der Waals surface area contributed by atoms with Crippen LogP contribution in [0, 0.1) is 5.82 Å².